The number of carbonyl (C=O) groups excluding carboxylic acids is 1. The van der Waals surface area contributed by atoms with Crippen LogP contribution in [0.2, 0.25) is 0 Å². The highest BCUT2D eigenvalue weighted by molar-refractivity contribution is 6.00. The lowest BCUT2D eigenvalue weighted by atomic mass is 10.0. The molecule has 0 atom stereocenters. The van der Waals surface area contributed by atoms with Gasteiger partial charge in [0.25, 0.3) is 0 Å². The minimum atomic E-state index is -0.139. The zero-order valence-electron chi connectivity index (χ0n) is 13.2. The summed E-state index contributed by atoms with van der Waals surface area (Å²) in [4.78, 5) is 14.1. The van der Waals surface area contributed by atoms with E-state index in [0.717, 1.165) is 28.6 Å². The molecule has 0 aliphatic carbocycles. The summed E-state index contributed by atoms with van der Waals surface area (Å²) in [5.74, 6) is 0.745. The van der Waals surface area contributed by atoms with Crippen LogP contribution >= 0.6 is 0 Å². The van der Waals surface area contributed by atoms with Gasteiger partial charge in [-0.25, -0.2) is 0 Å². The standard InChI is InChI=1S/C11H13N3O.C5H10O/c1-13-11-8(12)6-9(15-2)7-4-3-5-14-10(7)11;1-5(2,3)4-6/h3-6,13H,12H2,1-2H3;4H,1-3H3. The predicted molar refractivity (Wildman–Crippen MR) is 87.8 cm³/mol. The van der Waals surface area contributed by atoms with Crippen molar-refractivity contribution in [3.63, 3.8) is 0 Å². The maximum absolute atomic E-state index is 9.83. The van der Waals surface area contributed by atoms with E-state index in [1.54, 1.807) is 19.4 Å². The van der Waals surface area contributed by atoms with Crippen LogP contribution in [-0.4, -0.2) is 25.4 Å². The number of anilines is 2. The Labute approximate surface area is 125 Å². The lowest BCUT2D eigenvalue weighted by Crippen LogP contribution is -2.04. The van der Waals surface area contributed by atoms with Crippen molar-refractivity contribution < 1.29 is 9.53 Å². The van der Waals surface area contributed by atoms with Crippen molar-refractivity contribution in [3.05, 3.63) is 24.4 Å². The molecule has 21 heavy (non-hydrogen) atoms. The Bertz CT molecular complexity index is 619. The van der Waals surface area contributed by atoms with Crippen molar-refractivity contribution in [2.45, 2.75) is 20.8 Å². The fourth-order valence-electron chi connectivity index (χ4n) is 1.66. The van der Waals surface area contributed by atoms with Crippen LogP contribution in [0.3, 0.4) is 0 Å². The minimum absolute atomic E-state index is 0.139. The van der Waals surface area contributed by atoms with Gasteiger partial charge in [0, 0.05) is 30.1 Å². The molecule has 0 radical (unpaired) electrons. The average molecular weight is 289 g/mol. The second-order valence-electron chi connectivity index (χ2n) is 5.68. The van der Waals surface area contributed by atoms with Gasteiger partial charge in [0.2, 0.25) is 0 Å². The molecule has 114 valence electrons. The lowest BCUT2D eigenvalue weighted by molar-refractivity contribution is -0.113. The molecule has 3 N–H and O–H groups in total. The maximum atomic E-state index is 9.83. The highest BCUT2D eigenvalue weighted by atomic mass is 16.5. The van der Waals surface area contributed by atoms with Gasteiger partial charge in [0.05, 0.1) is 24.0 Å². The smallest absolute Gasteiger partial charge is 0.130 e. The molecule has 0 aliphatic heterocycles. The van der Waals surface area contributed by atoms with Gasteiger partial charge in [0.1, 0.15) is 12.0 Å². The van der Waals surface area contributed by atoms with Gasteiger partial charge in [-0.1, -0.05) is 20.8 Å². The molecule has 0 spiro atoms. The Morgan fingerprint density at radius 2 is 2.00 bits per heavy atom. The van der Waals surface area contributed by atoms with Crippen LogP contribution in [0.25, 0.3) is 10.9 Å². The number of rotatable bonds is 2. The van der Waals surface area contributed by atoms with Crippen LogP contribution in [0.1, 0.15) is 20.8 Å². The third-order valence-corrected chi connectivity index (χ3v) is 2.71. The summed E-state index contributed by atoms with van der Waals surface area (Å²) in [6.45, 7) is 5.62. The molecule has 1 aromatic carbocycles. The van der Waals surface area contributed by atoms with Gasteiger partial charge in [-0.15, -0.1) is 0 Å². The number of ether oxygens (including phenoxy) is 1. The summed E-state index contributed by atoms with van der Waals surface area (Å²) in [6, 6.07) is 5.64. The molecule has 0 saturated carbocycles. The summed E-state index contributed by atoms with van der Waals surface area (Å²) in [7, 11) is 3.45. The van der Waals surface area contributed by atoms with Crippen LogP contribution in [-0.2, 0) is 4.79 Å². The van der Waals surface area contributed by atoms with Crippen molar-refractivity contribution in [1.29, 1.82) is 0 Å². The van der Waals surface area contributed by atoms with Gasteiger partial charge in [-0.2, -0.15) is 0 Å². The van der Waals surface area contributed by atoms with Crippen molar-refractivity contribution in [2.24, 2.45) is 5.41 Å². The van der Waals surface area contributed by atoms with E-state index < -0.39 is 0 Å². The summed E-state index contributed by atoms with van der Waals surface area (Å²) < 4.78 is 5.26. The number of aldehydes is 1. The maximum Gasteiger partial charge on any atom is 0.130 e. The second kappa shape index (κ2) is 6.92. The Morgan fingerprint density at radius 3 is 2.48 bits per heavy atom. The Morgan fingerprint density at radius 1 is 1.38 bits per heavy atom. The van der Waals surface area contributed by atoms with Crippen molar-refractivity contribution >= 4 is 28.6 Å². The molecule has 0 saturated heterocycles. The fourth-order valence-corrected chi connectivity index (χ4v) is 1.66. The predicted octanol–water partition coefficient (Wildman–Crippen LogP) is 3.10. The van der Waals surface area contributed by atoms with Gasteiger partial charge in [-0.05, 0) is 12.1 Å². The number of hydrogen-bond acceptors (Lipinski definition) is 5. The van der Waals surface area contributed by atoms with E-state index in [9.17, 15) is 4.79 Å². The van der Waals surface area contributed by atoms with Crippen molar-refractivity contribution in [2.75, 3.05) is 25.2 Å². The number of nitrogens with two attached hydrogens (primary N) is 1. The normalized spacial score (nSPS) is 10.5. The largest absolute Gasteiger partial charge is 0.496 e. The van der Waals surface area contributed by atoms with E-state index in [-0.39, 0.29) is 5.41 Å². The number of nitrogen functional groups attached to an aromatic ring is 1. The lowest BCUT2D eigenvalue weighted by Gasteiger charge is -2.11. The van der Waals surface area contributed by atoms with Gasteiger partial charge in [-0.3, -0.25) is 4.98 Å². The zero-order chi connectivity index (χ0) is 16.0. The zero-order valence-corrected chi connectivity index (χ0v) is 13.2. The van der Waals surface area contributed by atoms with Gasteiger partial charge in [0.15, 0.2) is 0 Å². The van der Waals surface area contributed by atoms with Crippen molar-refractivity contribution in [1.82, 2.24) is 4.98 Å². The summed E-state index contributed by atoms with van der Waals surface area (Å²) in [5, 5.41) is 4.00. The number of fused-ring (bicyclic) bond motifs is 1. The molecule has 2 aromatic rings. The van der Waals surface area contributed by atoms with E-state index in [0.29, 0.717) is 5.69 Å². The minimum Gasteiger partial charge on any atom is -0.496 e. The van der Waals surface area contributed by atoms with Crippen LogP contribution in [0.4, 0.5) is 11.4 Å². The number of aromatic nitrogens is 1. The van der Waals surface area contributed by atoms with E-state index in [1.165, 1.54) is 0 Å². The van der Waals surface area contributed by atoms with Gasteiger partial charge >= 0.3 is 0 Å². The van der Waals surface area contributed by atoms with E-state index >= 15 is 0 Å². The average Bonchev–Trinajstić information content (AvgIpc) is 2.46. The topological polar surface area (TPSA) is 77.2 Å². The molecule has 0 bridgehead atoms. The molecular weight excluding hydrogens is 266 g/mol. The first-order valence-corrected chi connectivity index (χ1v) is 6.69. The van der Waals surface area contributed by atoms with Crippen LogP contribution < -0.4 is 15.8 Å². The Balaban J connectivity index is 0.000000315. The fraction of sp³-hybridized carbons (Fsp3) is 0.375. The van der Waals surface area contributed by atoms with Crippen molar-refractivity contribution in [3.8, 4) is 5.75 Å². The number of pyridine rings is 1. The molecule has 2 rings (SSSR count). The molecule has 1 aromatic heterocycles. The Hall–Kier alpha value is -2.30. The third-order valence-electron chi connectivity index (χ3n) is 2.71. The number of nitrogens with zero attached hydrogens (tertiary/aromatic N) is 1. The molecule has 0 fully saturated rings. The molecule has 0 unspecified atom stereocenters. The summed E-state index contributed by atoms with van der Waals surface area (Å²) in [5.41, 5.74) is 8.06. The van der Waals surface area contributed by atoms with Crippen LogP contribution in [0.5, 0.6) is 5.75 Å². The number of methoxy groups -OCH3 is 1. The first-order valence-electron chi connectivity index (χ1n) is 6.69. The highest BCUT2D eigenvalue weighted by Gasteiger charge is 2.09. The summed E-state index contributed by atoms with van der Waals surface area (Å²) >= 11 is 0. The Kier molecular flexibility index (Phi) is 5.52. The third kappa shape index (κ3) is 4.34. The van der Waals surface area contributed by atoms with E-state index in [4.69, 9.17) is 10.5 Å². The highest BCUT2D eigenvalue weighted by Crippen LogP contribution is 2.34. The second-order valence-corrected chi connectivity index (χ2v) is 5.68. The van der Waals surface area contributed by atoms with E-state index in [1.807, 2.05) is 40.0 Å². The summed E-state index contributed by atoms with van der Waals surface area (Å²) in [6.07, 6.45) is 2.68. The van der Waals surface area contributed by atoms with Gasteiger partial charge < -0.3 is 20.6 Å². The number of hydrogen-bond donors (Lipinski definition) is 2. The molecule has 1 heterocycles. The first-order chi connectivity index (χ1) is 9.84. The SMILES string of the molecule is CC(C)(C)C=O.CNc1c(N)cc(OC)c2cccnc12. The monoisotopic (exact) mass is 289 g/mol. The number of benzene rings is 1. The molecule has 5 heteroatoms. The molecular formula is C16H23N3O2. The number of carbonyl (C=O) groups is 1. The number of nitrogens with one attached hydrogen (secondary N) is 1. The van der Waals surface area contributed by atoms with Crippen LogP contribution in [0, 0.1) is 5.41 Å². The molecule has 0 aliphatic rings. The van der Waals surface area contributed by atoms with E-state index in [2.05, 4.69) is 10.3 Å². The molecule has 0 amide bonds. The molecule has 5 nitrogen and oxygen atoms in total. The van der Waals surface area contributed by atoms with Crippen LogP contribution in [0.15, 0.2) is 24.4 Å². The first kappa shape index (κ1) is 16.8. The quantitative estimate of drug-likeness (QED) is 0.656.